The van der Waals surface area contributed by atoms with Crippen molar-refractivity contribution in [3.05, 3.63) is 65.9 Å². The molecule has 1 heterocycles. The van der Waals surface area contributed by atoms with Crippen molar-refractivity contribution in [1.82, 2.24) is 19.4 Å². The number of aromatic nitrogens is 2. The van der Waals surface area contributed by atoms with E-state index in [2.05, 4.69) is 30.0 Å². The van der Waals surface area contributed by atoms with E-state index in [4.69, 9.17) is 0 Å². The van der Waals surface area contributed by atoms with Gasteiger partial charge >= 0.3 is 0 Å². The molecule has 2 aromatic carbocycles. The van der Waals surface area contributed by atoms with Crippen LogP contribution in [-0.2, 0) is 26.6 Å². The summed E-state index contributed by atoms with van der Waals surface area (Å²) in [5, 5.41) is 6.05. The smallest absolute Gasteiger partial charge is 0.240 e. The Morgan fingerprint density at radius 1 is 0.943 bits per heavy atom. The maximum Gasteiger partial charge on any atom is 0.240 e. The number of rotatable bonds is 11. The van der Waals surface area contributed by atoms with Crippen molar-refractivity contribution in [1.29, 1.82) is 0 Å². The molecule has 35 heavy (non-hydrogen) atoms. The molecule has 1 saturated carbocycles. The van der Waals surface area contributed by atoms with Gasteiger partial charge < -0.3 is 10.6 Å². The number of anilines is 4. The molecule has 0 aliphatic heterocycles. The standard InChI is InChI=1S/C23H28N6O4S2/c1-3-25-35(32,33)21-6-4-5-19(13-21)28-23-24-14-16(2)22(29-23)27-18-9-7-17(8-10-18)15-26-34(30,31)20-11-12-20/h4-10,13-14,20,25-26H,3,11-12,15H2,1-2H3,(H2,24,27,28,29). The maximum atomic E-state index is 12.3. The molecule has 1 aliphatic rings. The number of benzene rings is 2. The zero-order valence-electron chi connectivity index (χ0n) is 19.4. The summed E-state index contributed by atoms with van der Waals surface area (Å²) < 4.78 is 53.6. The van der Waals surface area contributed by atoms with Crippen LogP contribution >= 0.6 is 0 Å². The molecule has 0 atom stereocenters. The normalized spacial score (nSPS) is 14.0. The molecule has 1 aromatic heterocycles. The molecular formula is C23H28N6O4S2. The van der Waals surface area contributed by atoms with E-state index in [1.807, 2.05) is 31.2 Å². The average Bonchev–Trinajstić information content (AvgIpc) is 3.68. The Balaban J connectivity index is 1.43. The maximum absolute atomic E-state index is 12.3. The lowest BCUT2D eigenvalue weighted by Gasteiger charge is -2.12. The van der Waals surface area contributed by atoms with Crippen LogP contribution in [0.2, 0.25) is 0 Å². The summed E-state index contributed by atoms with van der Waals surface area (Å²) in [6, 6.07) is 13.8. The number of nitrogens with one attached hydrogen (secondary N) is 4. The van der Waals surface area contributed by atoms with Crippen LogP contribution in [0.4, 0.5) is 23.1 Å². The van der Waals surface area contributed by atoms with Gasteiger partial charge in [0.15, 0.2) is 0 Å². The first kappa shape index (κ1) is 25.0. The quantitative estimate of drug-likeness (QED) is 0.304. The first-order valence-corrected chi connectivity index (χ1v) is 14.2. The molecule has 0 amide bonds. The minimum atomic E-state index is -3.58. The largest absolute Gasteiger partial charge is 0.340 e. The first-order chi connectivity index (χ1) is 16.7. The summed E-state index contributed by atoms with van der Waals surface area (Å²) in [6.07, 6.45) is 3.12. The molecule has 0 radical (unpaired) electrons. The highest BCUT2D eigenvalue weighted by molar-refractivity contribution is 7.90. The van der Waals surface area contributed by atoms with Crippen LogP contribution in [0.3, 0.4) is 0 Å². The Bertz CT molecular complexity index is 1410. The van der Waals surface area contributed by atoms with Gasteiger partial charge in [0.1, 0.15) is 5.82 Å². The molecule has 0 bridgehead atoms. The number of nitrogens with zero attached hydrogens (tertiary/aromatic N) is 2. The molecule has 186 valence electrons. The van der Waals surface area contributed by atoms with E-state index in [0.717, 1.165) is 29.7 Å². The third kappa shape index (κ3) is 6.54. The monoisotopic (exact) mass is 516 g/mol. The highest BCUT2D eigenvalue weighted by Crippen LogP contribution is 2.28. The third-order valence-corrected chi connectivity index (χ3v) is 8.80. The Hall–Kier alpha value is -3.06. The Kier molecular flexibility index (Phi) is 7.36. The van der Waals surface area contributed by atoms with Crippen molar-refractivity contribution >= 4 is 43.2 Å². The number of aryl methyl sites for hydroxylation is 1. The fourth-order valence-corrected chi connectivity index (χ4v) is 5.74. The third-order valence-electron chi connectivity index (χ3n) is 5.36. The molecule has 12 heteroatoms. The Morgan fingerprint density at radius 3 is 2.37 bits per heavy atom. The summed E-state index contributed by atoms with van der Waals surface area (Å²) in [6.45, 7) is 4.14. The van der Waals surface area contributed by atoms with Gasteiger partial charge in [0.25, 0.3) is 0 Å². The van der Waals surface area contributed by atoms with Gasteiger partial charge in [-0.15, -0.1) is 0 Å². The summed E-state index contributed by atoms with van der Waals surface area (Å²) in [4.78, 5) is 8.96. The fourth-order valence-electron chi connectivity index (χ4n) is 3.30. The predicted molar refractivity (Wildman–Crippen MR) is 136 cm³/mol. The second kappa shape index (κ2) is 10.3. The van der Waals surface area contributed by atoms with Gasteiger partial charge in [-0.05, 0) is 55.7 Å². The predicted octanol–water partition coefficient (Wildman–Crippen LogP) is 3.15. The van der Waals surface area contributed by atoms with Gasteiger partial charge in [-0.25, -0.2) is 31.3 Å². The highest BCUT2D eigenvalue weighted by atomic mass is 32.2. The summed E-state index contributed by atoms with van der Waals surface area (Å²) >= 11 is 0. The number of hydrogen-bond donors (Lipinski definition) is 4. The van der Waals surface area contributed by atoms with Crippen molar-refractivity contribution in [2.75, 3.05) is 17.2 Å². The molecule has 4 N–H and O–H groups in total. The van der Waals surface area contributed by atoms with Crippen molar-refractivity contribution in [2.24, 2.45) is 0 Å². The fraction of sp³-hybridized carbons (Fsp3) is 0.304. The van der Waals surface area contributed by atoms with E-state index >= 15 is 0 Å². The number of hydrogen-bond acceptors (Lipinski definition) is 8. The highest BCUT2D eigenvalue weighted by Gasteiger charge is 2.35. The van der Waals surface area contributed by atoms with Crippen molar-refractivity contribution in [2.45, 2.75) is 43.4 Å². The SMILES string of the molecule is CCNS(=O)(=O)c1cccc(Nc2ncc(C)c(Nc3ccc(CNS(=O)(=O)C4CC4)cc3)n2)c1. The minimum Gasteiger partial charge on any atom is -0.340 e. The lowest BCUT2D eigenvalue weighted by molar-refractivity contribution is 0.579. The average molecular weight is 517 g/mol. The molecule has 1 aliphatic carbocycles. The molecule has 1 fully saturated rings. The van der Waals surface area contributed by atoms with Gasteiger partial charge in [0.2, 0.25) is 26.0 Å². The minimum absolute atomic E-state index is 0.148. The van der Waals surface area contributed by atoms with Gasteiger partial charge in [-0.1, -0.05) is 25.1 Å². The van der Waals surface area contributed by atoms with Gasteiger partial charge in [-0.2, -0.15) is 4.98 Å². The Morgan fingerprint density at radius 2 is 1.69 bits per heavy atom. The summed E-state index contributed by atoms with van der Waals surface area (Å²) in [7, 11) is -6.80. The molecule has 0 spiro atoms. The van der Waals surface area contributed by atoms with Crippen LogP contribution in [0, 0.1) is 6.92 Å². The zero-order chi connectivity index (χ0) is 25.1. The Labute approximate surface area is 205 Å². The van der Waals surface area contributed by atoms with Crippen LogP contribution in [-0.4, -0.2) is 38.6 Å². The van der Waals surface area contributed by atoms with Crippen LogP contribution < -0.4 is 20.1 Å². The topological polar surface area (TPSA) is 142 Å². The van der Waals surface area contributed by atoms with Crippen molar-refractivity contribution in [3.63, 3.8) is 0 Å². The van der Waals surface area contributed by atoms with E-state index in [9.17, 15) is 16.8 Å². The first-order valence-electron chi connectivity index (χ1n) is 11.2. The zero-order valence-corrected chi connectivity index (χ0v) is 21.1. The van der Waals surface area contributed by atoms with E-state index in [1.54, 1.807) is 25.3 Å². The second-order valence-electron chi connectivity index (χ2n) is 8.27. The molecule has 3 aromatic rings. The lowest BCUT2D eigenvalue weighted by Crippen LogP contribution is -2.26. The summed E-state index contributed by atoms with van der Waals surface area (Å²) in [5.74, 6) is 0.892. The van der Waals surface area contributed by atoms with Crippen LogP contribution in [0.15, 0.2) is 59.6 Å². The molecule has 4 rings (SSSR count). The molecule has 10 nitrogen and oxygen atoms in total. The molecular weight excluding hydrogens is 488 g/mol. The molecule has 0 saturated heterocycles. The van der Waals surface area contributed by atoms with Crippen molar-refractivity contribution < 1.29 is 16.8 Å². The van der Waals surface area contributed by atoms with E-state index in [-0.39, 0.29) is 16.7 Å². The van der Waals surface area contributed by atoms with Gasteiger partial charge in [0, 0.05) is 36.2 Å². The van der Waals surface area contributed by atoms with Crippen LogP contribution in [0.25, 0.3) is 0 Å². The van der Waals surface area contributed by atoms with E-state index in [0.29, 0.717) is 24.0 Å². The second-order valence-corrected chi connectivity index (χ2v) is 12.1. The van der Waals surface area contributed by atoms with E-state index in [1.165, 1.54) is 12.1 Å². The van der Waals surface area contributed by atoms with Crippen LogP contribution in [0.1, 0.15) is 30.9 Å². The van der Waals surface area contributed by atoms with Gasteiger partial charge in [0.05, 0.1) is 10.1 Å². The summed E-state index contributed by atoms with van der Waals surface area (Å²) in [5.41, 5.74) is 3.00. The number of sulfonamides is 2. The van der Waals surface area contributed by atoms with Crippen molar-refractivity contribution in [3.8, 4) is 0 Å². The van der Waals surface area contributed by atoms with E-state index < -0.39 is 20.0 Å². The molecule has 0 unspecified atom stereocenters. The lowest BCUT2D eigenvalue weighted by atomic mass is 10.2. The van der Waals surface area contributed by atoms with Crippen LogP contribution in [0.5, 0.6) is 0 Å². The van der Waals surface area contributed by atoms with Gasteiger partial charge in [-0.3, -0.25) is 0 Å².